The van der Waals surface area contributed by atoms with Crippen LogP contribution in [0.2, 0.25) is 0 Å². The highest BCUT2D eigenvalue weighted by Crippen LogP contribution is 2.48. The molecule has 1 saturated carbocycles. The summed E-state index contributed by atoms with van der Waals surface area (Å²) < 4.78 is 0. The Morgan fingerprint density at radius 3 is 2.67 bits per heavy atom. The minimum Gasteiger partial charge on any atom is -0.396 e. The molecule has 3 heteroatoms. The van der Waals surface area contributed by atoms with E-state index >= 15 is 0 Å². The summed E-state index contributed by atoms with van der Waals surface area (Å²) in [6, 6.07) is 0. The number of hydrogen-bond acceptors (Lipinski definition) is 3. The Hall–Kier alpha value is -0.120. The van der Waals surface area contributed by atoms with Crippen molar-refractivity contribution in [2.24, 2.45) is 17.1 Å². The Kier molecular flexibility index (Phi) is 3.65. The van der Waals surface area contributed by atoms with Gasteiger partial charge < -0.3 is 15.7 Å². The van der Waals surface area contributed by atoms with Gasteiger partial charge in [-0.1, -0.05) is 12.8 Å². The van der Waals surface area contributed by atoms with Gasteiger partial charge in [0, 0.05) is 25.6 Å². The largest absolute Gasteiger partial charge is 0.396 e. The summed E-state index contributed by atoms with van der Waals surface area (Å²) in [7, 11) is 0. The molecule has 3 nitrogen and oxygen atoms in total. The molecule has 2 aliphatic rings. The van der Waals surface area contributed by atoms with Gasteiger partial charge in [0.1, 0.15) is 0 Å². The van der Waals surface area contributed by atoms with E-state index in [9.17, 15) is 5.11 Å². The predicted octanol–water partition coefficient (Wildman–Crippen LogP) is 0.820. The van der Waals surface area contributed by atoms with Crippen molar-refractivity contribution >= 4 is 0 Å². The molecule has 1 unspecified atom stereocenters. The molecule has 1 saturated heterocycles. The number of aliphatic hydroxyl groups is 1. The van der Waals surface area contributed by atoms with Crippen molar-refractivity contribution in [2.75, 3.05) is 32.8 Å². The molecular weight excluding hydrogens is 188 g/mol. The first-order valence-electron chi connectivity index (χ1n) is 6.34. The van der Waals surface area contributed by atoms with Crippen molar-refractivity contribution in [1.29, 1.82) is 0 Å². The average molecular weight is 212 g/mol. The van der Waals surface area contributed by atoms with E-state index in [-0.39, 0.29) is 0 Å². The van der Waals surface area contributed by atoms with Crippen molar-refractivity contribution in [3.05, 3.63) is 0 Å². The van der Waals surface area contributed by atoms with E-state index in [4.69, 9.17) is 5.73 Å². The van der Waals surface area contributed by atoms with Gasteiger partial charge in [0.05, 0.1) is 0 Å². The summed E-state index contributed by atoms with van der Waals surface area (Å²) in [5, 5.41) is 9.48. The van der Waals surface area contributed by atoms with Crippen LogP contribution in [-0.4, -0.2) is 42.8 Å². The van der Waals surface area contributed by atoms with Crippen LogP contribution >= 0.6 is 0 Å². The summed E-state index contributed by atoms with van der Waals surface area (Å²) in [4.78, 5) is 2.51. The summed E-state index contributed by atoms with van der Waals surface area (Å²) >= 11 is 0. The zero-order valence-corrected chi connectivity index (χ0v) is 9.62. The lowest BCUT2D eigenvalue weighted by Gasteiger charge is -2.28. The van der Waals surface area contributed by atoms with E-state index in [0.717, 1.165) is 26.1 Å². The van der Waals surface area contributed by atoms with Crippen molar-refractivity contribution in [3.8, 4) is 0 Å². The quantitative estimate of drug-likeness (QED) is 0.725. The molecule has 0 amide bonds. The maximum atomic E-state index is 9.48. The van der Waals surface area contributed by atoms with Crippen molar-refractivity contribution in [3.63, 3.8) is 0 Å². The first-order chi connectivity index (χ1) is 7.30. The smallest absolute Gasteiger partial charge is 0.0477 e. The number of likely N-dealkylation sites (tertiary alicyclic amines) is 1. The molecule has 1 aliphatic carbocycles. The highest BCUT2D eigenvalue weighted by molar-refractivity contribution is 4.98. The van der Waals surface area contributed by atoms with E-state index in [0.29, 0.717) is 17.9 Å². The first kappa shape index (κ1) is 11.4. The second-order valence-electron chi connectivity index (χ2n) is 5.33. The highest BCUT2D eigenvalue weighted by atomic mass is 16.3. The average Bonchev–Trinajstić information content (AvgIpc) is 2.84. The molecule has 2 rings (SSSR count). The standard InChI is InChI=1S/C12H24N2O/c13-6-3-7-14-8-11(9-15)12(10-14)4-1-2-5-12/h11,15H,1-10,13H2. The van der Waals surface area contributed by atoms with Crippen LogP contribution in [0.1, 0.15) is 32.1 Å². The first-order valence-corrected chi connectivity index (χ1v) is 6.34. The molecule has 88 valence electrons. The van der Waals surface area contributed by atoms with Gasteiger partial charge in [-0.3, -0.25) is 0 Å². The highest BCUT2D eigenvalue weighted by Gasteiger charge is 2.47. The Morgan fingerprint density at radius 1 is 1.33 bits per heavy atom. The lowest BCUT2D eigenvalue weighted by Crippen LogP contribution is -2.29. The van der Waals surface area contributed by atoms with E-state index in [1.54, 1.807) is 0 Å². The second-order valence-corrected chi connectivity index (χ2v) is 5.33. The number of rotatable bonds is 4. The maximum Gasteiger partial charge on any atom is 0.0477 e. The predicted molar refractivity (Wildman–Crippen MR) is 61.6 cm³/mol. The van der Waals surface area contributed by atoms with Crippen molar-refractivity contribution in [1.82, 2.24) is 4.90 Å². The molecule has 1 spiro atoms. The van der Waals surface area contributed by atoms with Gasteiger partial charge in [-0.2, -0.15) is 0 Å². The molecule has 3 N–H and O–H groups in total. The summed E-state index contributed by atoms with van der Waals surface area (Å²) in [6.45, 7) is 4.58. The zero-order valence-electron chi connectivity index (χ0n) is 9.62. The van der Waals surface area contributed by atoms with Crippen LogP contribution in [0.4, 0.5) is 0 Å². The lowest BCUT2D eigenvalue weighted by molar-refractivity contribution is 0.137. The third-order valence-corrected chi connectivity index (χ3v) is 4.38. The zero-order chi connectivity index (χ0) is 10.7. The van der Waals surface area contributed by atoms with Gasteiger partial charge in [0.25, 0.3) is 0 Å². The molecule has 2 fully saturated rings. The van der Waals surface area contributed by atoms with Crippen LogP contribution in [0, 0.1) is 11.3 Å². The molecule has 0 bridgehead atoms. The molecule has 0 aromatic rings. The lowest BCUT2D eigenvalue weighted by atomic mass is 9.77. The Bertz CT molecular complexity index is 202. The van der Waals surface area contributed by atoms with Crippen LogP contribution in [-0.2, 0) is 0 Å². The number of aliphatic hydroxyl groups excluding tert-OH is 1. The van der Waals surface area contributed by atoms with E-state index in [1.807, 2.05) is 0 Å². The fraction of sp³-hybridized carbons (Fsp3) is 1.00. The number of nitrogens with zero attached hydrogens (tertiary/aromatic N) is 1. The minimum absolute atomic E-state index is 0.374. The van der Waals surface area contributed by atoms with Gasteiger partial charge >= 0.3 is 0 Å². The number of hydrogen-bond donors (Lipinski definition) is 2. The Labute approximate surface area is 92.6 Å². The Morgan fingerprint density at radius 2 is 2.07 bits per heavy atom. The van der Waals surface area contributed by atoms with Crippen molar-refractivity contribution in [2.45, 2.75) is 32.1 Å². The minimum atomic E-state index is 0.374. The molecule has 1 atom stereocenters. The topological polar surface area (TPSA) is 49.5 Å². The molecule has 0 radical (unpaired) electrons. The molecule has 1 heterocycles. The van der Waals surface area contributed by atoms with Gasteiger partial charge in [-0.05, 0) is 37.8 Å². The summed E-state index contributed by atoms with van der Waals surface area (Å²) in [5.74, 6) is 0.526. The second kappa shape index (κ2) is 4.81. The summed E-state index contributed by atoms with van der Waals surface area (Å²) in [6.07, 6.45) is 6.48. The Balaban J connectivity index is 1.94. The van der Waals surface area contributed by atoms with Gasteiger partial charge in [0.15, 0.2) is 0 Å². The normalized spacial score (nSPS) is 30.4. The van der Waals surface area contributed by atoms with E-state index in [1.165, 1.54) is 32.2 Å². The van der Waals surface area contributed by atoms with E-state index in [2.05, 4.69) is 4.90 Å². The molecule has 15 heavy (non-hydrogen) atoms. The molecule has 0 aromatic carbocycles. The van der Waals surface area contributed by atoms with Crippen molar-refractivity contribution < 1.29 is 5.11 Å². The SMILES string of the molecule is NCCCN1CC(CO)C2(CCCC2)C1. The third-order valence-electron chi connectivity index (χ3n) is 4.38. The van der Waals surface area contributed by atoms with Crippen LogP contribution in [0.3, 0.4) is 0 Å². The van der Waals surface area contributed by atoms with Crippen LogP contribution in [0.15, 0.2) is 0 Å². The summed E-state index contributed by atoms with van der Waals surface area (Å²) in [5.41, 5.74) is 6.00. The van der Waals surface area contributed by atoms with Gasteiger partial charge in [-0.25, -0.2) is 0 Å². The van der Waals surface area contributed by atoms with Gasteiger partial charge in [0.2, 0.25) is 0 Å². The van der Waals surface area contributed by atoms with E-state index < -0.39 is 0 Å². The molecule has 1 aliphatic heterocycles. The number of nitrogens with two attached hydrogens (primary N) is 1. The van der Waals surface area contributed by atoms with Crippen LogP contribution < -0.4 is 5.73 Å². The monoisotopic (exact) mass is 212 g/mol. The van der Waals surface area contributed by atoms with Gasteiger partial charge in [-0.15, -0.1) is 0 Å². The molecular formula is C12H24N2O. The third kappa shape index (κ3) is 2.19. The fourth-order valence-corrected chi connectivity index (χ4v) is 3.53. The maximum absolute atomic E-state index is 9.48. The fourth-order valence-electron chi connectivity index (χ4n) is 3.53. The molecule has 0 aromatic heterocycles. The van der Waals surface area contributed by atoms with Crippen LogP contribution in [0.5, 0.6) is 0 Å². The van der Waals surface area contributed by atoms with Crippen LogP contribution in [0.25, 0.3) is 0 Å².